The third-order valence-corrected chi connectivity index (χ3v) is 2.36. The Morgan fingerprint density at radius 2 is 1.88 bits per heavy atom. The highest BCUT2D eigenvalue weighted by Crippen LogP contribution is 2.09. The Bertz CT molecular complexity index is 360. The molecule has 0 radical (unpaired) electrons. The van der Waals surface area contributed by atoms with Crippen LogP contribution in [-0.2, 0) is 0 Å². The zero-order chi connectivity index (χ0) is 12.2. The monoisotopic (exact) mass is 238 g/mol. The van der Waals surface area contributed by atoms with Crippen molar-refractivity contribution in [2.75, 3.05) is 11.9 Å². The van der Waals surface area contributed by atoms with E-state index in [1.165, 1.54) is 5.56 Å². The van der Waals surface area contributed by atoms with Gasteiger partial charge < -0.3 is 15.7 Å². The molecule has 3 nitrogen and oxygen atoms in total. The van der Waals surface area contributed by atoms with E-state index in [0.29, 0.717) is 5.11 Å². The Labute approximate surface area is 102 Å². The maximum Gasteiger partial charge on any atom is 0.171 e. The summed E-state index contributed by atoms with van der Waals surface area (Å²) in [6.45, 7) is 5.84. The lowest BCUT2D eigenvalue weighted by Crippen LogP contribution is -2.47. The second-order valence-electron chi connectivity index (χ2n) is 4.49. The van der Waals surface area contributed by atoms with Gasteiger partial charge in [-0.1, -0.05) is 17.7 Å². The topological polar surface area (TPSA) is 44.3 Å². The molecule has 0 aliphatic carbocycles. The maximum absolute atomic E-state index is 9.10. The lowest BCUT2D eigenvalue weighted by molar-refractivity contribution is 0.207. The number of nitrogens with one attached hydrogen (secondary N) is 2. The maximum atomic E-state index is 9.10. The first-order chi connectivity index (χ1) is 7.43. The molecular formula is C12H18N2OS. The molecule has 0 atom stereocenters. The summed E-state index contributed by atoms with van der Waals surface area (Å²) in [6.07, 6.45) is 0. The van der Waals surface area contributed by atoms with Crippen LogP contribution in [0.3, 0.4) is 0 Å². The predicted molar refractivity (Wildman–Crippen MR) is 71.7 cm³/mol. The van der Waals surface area contributed by atoms with Crippen molar-refractivity contribution in [3.05, 3.63) is 29.8 Å². The van der Waals surface area contributed by atoms with Crippen LogP contribution >= 0.6 is 12.2 Å². The molecule has 0 fully saturated rings. The molecule has 0 aromatic heterocycles. The first-order valence-electron chi connectivity index (χ1n) is 5.20. The minimum Gasteiger partial charge on any atom is -0.394 e. The van der Waals surface area contributed by atoms with Crippen molar-refractivity contribution >= 4 is 23.0 Å². The molecule has 0 heterocycles. The Hall–Kier alpha value is -1.13. The smallest absolute Gasteiger partial charge is 0.171 e. The van der Waals surface area contributed by atoms with Gasteiger partial charge in [0, 0.05) is 5.69 Å². The van der Waals surface area contributed by atoms with E-state index in [1.54, 1.807) is 0 Å². The Balaban J connectivity index is 2.55. The van der Waals surface area contributed by atoms with Gasteiger partial charge in [-0.15, -0.1) is 0 Å². The van der Waals surface area contributed by atoms with E-state index in [1.807, 2.05) is 45.0 Å². The van der Waals surface area contributed by atoms with Gasteiger partial charge in [0.15, 0.2) is 5.11 Å². The molecule has 0 amide bonds. The molecule has 1 rings (SSSR count). The number of rotatable bonds is 3. The summed E-state index contributed by atoms with van der Waals surface area (Å²) in [5.41, 5.74) is 1.74. The van der Waals surface area contributed by atoms with E-state index in [-0.39, 0.29) is 6.61 Å². The molecule has 0 spiro atoms. The van der Waals surface area contributed by atoms with Gasteiger partial charge in [0.25, 0.3) is 0 Å². The molecule has 0 aliphatic heterocycles. The van der Waals surface area contributed by atoms with E-state index in [9.17, 15) is 0 Å². The van der Waals surface area contributed by atoms with E-state index in [0.717, 1.165) is 5.69 Å². The summed E-state index contributed by atoms with van der Waals surface area (Å²) in [7, 11) is 0. The summed E-state index contributed by atoms with van der Waals surface area (Å²) in [4.78, 5) is 0. The van der Waals surface area contributed by atoms with Gasteiger partial charge in [-0.3, -0.25) is 0 Å². The van der Waals surface area contributed by atoms with Crippen LogP contribution in [0.2, 0.25) is 0 Å². The van der Waals surface area contributed by atoms with Gasteiger partial charge >= 0.3 is 0 Å². The highest BCUT2D eigenvalue weighted by Gasteiger charge is 2.16. The number of hydrogen-bond acceptors (Lipinski definition) is 2. The van der Waals surface area contributed by atoms with E-state index >= 15 is 0 Å². The first kappa shape index (κ1) is 12.9. The predicted octanol–water partition coefficient (Wildman–Crippen LogP) is 2.05. The molecule has 1 aromatic rings. The Morgan fingerprint density at radius 1 is 1.31 bits per heavy atom. The number of aliphatic hydroxyl groups is 1. The second-order valence-corrected chi connectivity index (χ2v) is 4.90. The van der Waals surface area contributed by atoms with E-state index in [2.05, 4.69) is 10.6 Å². The zero-order valence-electron chi connectivity index (χ0n) is 9.87. The van der Waals surface area contributed by atoms with Gasteiger partial charge in [-0.2, -0.15) is 0 Å². The van der Waals surface area contributed by atoms with E-state index in [4.69, 9.17) is 17.3 Å². The standard InChI is InChI=1S/C12H18N2OS/c1-9-4-6-10(7-5-9)13-11(16)14-12(2,3)8-15/h4-7,15H,8H2,1-3H3,(H2,13,14,16). The van der Waals surface area contributed by atoms with Crippen molar-refractivity contribution in [1.29, 1.82) is 0 Å². The van der Waals surface area contributed by atoms with Crippen molar-refractivity contribution in [2.45, 2.75) is 26.3 Å². The second kappa shape index (κ2) is 5.27. The summed E-state index contributed by atoms with van der Waals surface area (Å²) in [6, 6.07) is 7.97. The average molecular weight is 238 g/mol. The largest absolute Gasteiger partial charge is 0.394 e. The minimum atomic E-state index is -0.408. The van der Waals surface area contributed by atoms with Gasteiger partial charge in [-0.05, 0) is 45.1 Å². The molecule has 0 bridgehead atoms. The van der Waals surface area contributed by atoms with Crippen molar-refractivity contribution in [3.8, 4) is 0 Å². The Kier molecular flexibility index (Phi) is 4.26. The van der Waals surface area contributed by atoms with Crippen molar-refractivity contribution in [3.63, 3.8) is 0 Å². The first-order valence-corrected chi connectivity index (χ1v) is 5.60. The third kappa shape index (κ3) is 4.16. The van der Waals surface area contributed by atoms with Crippen molar-refractivity contribution < 1.29 is 5.11 Å². The highest BCUT2D eigenvalue weighted by molar-refractivity contribution is 7.80. The number of aliphatic hydroxyl groups excluding tert-OH is 1. The molecule has 0 unspecified atom stereocenters. The lowest BCUT2D eigenvalue weighted by atomic mass is 10.1. The summed E-state index contributed by atoms with van der Waals surface area (Å²) >= 11 is 5.15. The highest BCUT2D eigenvalue weighted by atomic mass is 32.1. The van der Waals surface area contributed by atoms with Crippen molar-refractivity contribution in [1.82, 2.24) is 5.32 Å². The quantitative estimate of drug-likeness (QED) is 0.705. The molecule has 4 heteroatoms. The average Bonchev–Trinajstić information content (AvgIpc) is 2.21. The number of benzene rings is 1. The summed E-state index contributed by atoms with van der Waals surface area (Å²) in [5.74, 6) is 0. The van der Waals surface area contributed by atoms with Gasteiger partial charge in [0.2, 0.25) is 0 Å². The van der Waals surface area contributed by atoms with E-state index < -0.39 is 5.54 Å². The van der Waals surface area contributed by atoms with Crippen LogP contribution < -0.4 is 10.6 Å². The molecule has 88 valence electrons. The van der Waals surface area contributed by atoms with Crippen LogP contribution in [0.15, 0.2) is 24.3 Å². The fourth-order valence-corrected chi connectivity index (χ4v) is 1.54. The molecule has 0 saturated heterocycles. The Morgan fingerprint density at radius 3 is 2.38 bits per heavy atom. The molecule has 3 N–H and O–H groups in total. The molecule has 1 aromatic carbocycles. The minimum absolute atomic E-state index is 0.0305. The van der Waals surface area contributed by atoms with Crippen LogP contribution in [0.25, 0.3) is 0 Å². The van der Waals surface area contributed by atoms with Crippen LogP contribution in [0.1, 0.15) is 19.4 Å². The molecule has 0 saturated carbocycles. The SMILES string of the molecule is Cc1ccc(NC(=S)NC(C)(C)CO)cc1. The molecule has 16 heavy (non-hydrogen) atoms. The molecule has 0 aliphatic rings. The number of hydrogen-bond donors (Lipinski definition) is 3. The third-order valence-electron chi connectivity index (χ3n) is 2.16. The summed E-state index contributed by atoms with van der Waals surface area (Å²) < 4.78 is 0. The van der Waals surface area contributed by atoms with Crippen LogP contribution in [0.5, 0.6) is 0 Å². The molecular weight excluding hydrogens is 220 g/mol. The fraction of sp³-hybridized carbons (Fsp3) is 0.417. The number of aryl methyl sites for hydroxylation is 1. The number of anilines is 1. The lowest BCUT2D eigenvalue weighted by Gasteiger charge is -2.25. The van der Waals surface area contributed by atoms with Crippen LogP contribution in [0.4, 0.5) is 5.69 Å². The zero-order valence-corrected chi connectivity index (χ0v) is 10.7. The van der Waals surface area contributed by atoms with Gasteiger partial charge in [0.05, 0.1) is 12.1 Å². The van der Waals surface area contributed by atoms with Crippen LogP contribution in [-0.4, -0.2) is 22.4 Å². The fourth-order valence-electron chi connectivity index (χ4n) is 1.15. The summed E-state index contributed by atoms with van der Waals surface area (Å²) in [5, 5.41) is 15.7. The van der Waals surface area contributed by atoms with Crippen molar-refractivity contribution in [2.24, 2.45) is 0 Å². The van der Waals surface area contributed by atoms with Gasteiger partial charge in [-0.25, -0.2) is 0 Å². The van der Waals surface area contributed by atoms with Gasteiger partial charge in [0.1, 0.15) is 0 Å². The van der Waals surface area contributed by atoms with Crippen LogP contribution in [0, 0.1) is 6.92 Å². The normalized spacial score (nSPS) is 11.0. The number of thiocarbonyl (C=S) groups is 1.